The molecule has 3 aromatic rings. The highest BCUT2D eigenvalue weighted by Gasteiger charge is 2.25. The van der Waals surface area contributed by atoms with Crippen LogP contribution in [0.15, 0.2) is 52.5 Å². The number of aliphatic imine (C=N–C) groups is 1. The molecule has 1 saturated heterocycles. The lowest BCUT2D eigenvalue weighted by Crippen LogP contribution is -2.57. The predicted molar refractivity (Wildman–Crippen MR) is 162 cm³/mol. The number of benzene rings is 2. The third-order valence-electron chi connectivity index (χ3n) is 7.71. The topological polar surface area (TPSA) is 74.5 Å². The molecule has 0 bridgehead atoms. The number of rotatable bonds is 5. The lowest BCUT2D eigenvalue weighted by molar-refractivity contribution is 0.253. The zero-order chi connectivity index (χ0) is 27.4. The molecule has 9 heteroatoms. The number of aryl methyl sites for hydroxylation is 2. The van der Waals surface area contributed by atoms with Crippen LogP contribution in [0.1, 0.15) is 57.9 Å². The average molecular weight is 570 g/mol. The van der Waals surface area contributed by atoms with E-state index in [-0.39, 0.29) is 5.56 Å². The minimum atomic E-state index is -0.0614. The van der Waals surface area contributed by atoms with Crippen molar-refractivity contribution in [2.24, 2.45) is 4.99 Å². The quantitative estimate of drug-likeness (QED) is 0.220. The fourth-order valence-corrected chi connectivity index (χ4v) is 6.25. The molecule has 0 spiro atoms. The van der Waals surface area contributed by atoms with Gasteiger partial charge in [-0.2, -0.15) is 0 Å². The molecule has 2 heterocycles. The second-order valence-corrected chi connectivity index (χ2v) is 11.9. The van der Waals surface area contributed by atoms with Gasteiger partial charge in [0.15, 0.2) is 5.96 Å². The summed E-state index contributed by atoms with van der Waals surface area (Å²) in [6, 6.07) is 12.3. The molecule has 2 aromatic carbocycles. The highest BCUT2D eigenvalue weighted by atomic mass is 35.5. The summed E-state index contributed by atoms with van der Waals surface area (Å²) in [5.41, 5.74) is 2.45. The number of piperazine rings is 1. The van der Waals surface area contributed by atoms with E-state index in [9.17, 15) is 4.79 Å². The van der Waals surface area contributed by atoms with Crippen molar-refractivity contribution in [3.63, 3.8) is 0 Å². The Morgan fingerprint density at radius 3 is 2.51 bits per heavy atom. The number of hydrogen-bond acceptors (Lipinski definition) is 4. The van der Waals surface area contributed by atoms with Gasteiger partial charge in [0, 0.05) is 47.5 Å². The Balaban J connectivity index is 1.37. The van der Waals surface area contributed by atoms with E-state index in [1.807, 2.05) is 30.3 Å². The van der Waals surface area contributed by atoms with Gasteiger partial charge in [0.1, 0.15) is 0 Å². The van der Waals surface area contributed by atoms with Crippen molar-refractivity contribution in [1.82, 2.24) is 19.8 Å². The molecular formula is C30H38Cl2N6O. The maximum Gasteiger partial charge on any atom is 0.261 e. The van der Waals surface area contributed by atoms with Crippen LogP contribution in [-0.2, 0) is 13.0 Å². The first-order chi connectivity index (χ1) is 18.9. The molecule has 7 nitrogen and oxygen atoms in total. The van der Waals surface area contributed by atoms with E-state index in [4.69, 9.17) is 28.2 Å². The number of nitrogens with one attached hydrogen (secondary N) is 2. The SMILES string of the molecule is C[C@@H]1CN(/C(=N\C2CCCCCC2)Nc2ccc3c(=O)n(CCc4ccc(Cl)cc4Cl)cnc3c2)C[C@H](C)N1. The minimum Gasteiger partial charge on any atom is -0.340 e. The Kier molecular flexibility index (Phi) is 9.10. The first-order valence-electron chi connectivity index (χ1n) is 14.1. The summed E-state index contributed by atoms with van der Waals surface area (Å²) in [7, 11) is 0. The molecule has 1 aromatic heterocycles. The molecule has 1 saturated carbocycles. The van der Waals surface area contributed by atoms with Crippen LogP contribution in [-0.4, -0.2) is 51.6 Å². The van der Waals surface area contributed by atoms with E-state index in [1.54, 1.807) is 17.0 Å². The molecular weight excluding hydrogens is 531 g/mol. The average Bonchev–Trinajstić information content (AvgIpc) is 3.17. The van der Waals surface area contributed by atoms with Gasteiger partial charge in [0.05, 0.1) is 23.3 Å². The normalized spacial score (nSPS) is 21.2. The van der Waals surface area contributed by atoms with Crippen molar-refractivity contribution in [2.75, 3.05) is 18.4 Å². The molecule has 0 unspecified atom stereocenters. The Hall–Kier alpha value is -2.61. The Morgan fingerprint density at radius 1 is 1.05 bits per heavy atom. The van der Waals surface area contributed by atoms with E-state index >= 15 is 0 Å². The van der Waals surface area contributed by atoms with Crippen molar-refractivity contribution < 1.29 is 0 Å². The predicted octanol–water partition coefficient (Wildman–Crippen LogP) is 6.12. The number of halogens is 2. The molecule has 5 rings (SSSR count). The maximum atomic E-state index is 13.2. The van der Waals surface area contributed by atoms with Crippen LogP contribution in [0.4, 0.5) is 5.69 Å². The van der Waals surface area contributed by atoms with Crippen LogP contribution in [0.2, 0.25) is 10.0 Å². The molecule has 2 atom stereocenters. The minimum absolute atomic E-state index is 0.0614. The van der Waals surface area contributed by atoms with Gasteiger partial charge in [-0.15, -0.1) is 0 Å². The molecule has 2 N–H and O–H groups in total. The molecule has 39 heavy (non-hydrogen) atoms. The summed E-state index contributed by atoms with van der Waals surface area (Å²) < 4.78 is 1.64. The Bertz CT molecular complexity index is 1370. The molecule has 1 aliphatic heterocycles. The van der Waals surface area contributed by atoms with E-state index in [0.29, 0.717) is 52.0 Å². The Labute approximate surface area is 240 Å². The van der Waals surface area contributed by atoms with Crippen LogP contribution in [0.3, 0.4) is 0 Å². The zero-order valence-electron chi connectivity index (χ0n) is 22.8. The van der Waals surface area contributed by atoms with Crippen LogP contribution in [0.5, 0.6) is 0 Å². The number of aromatic nitrogens is 2. The molecule has 0 radical (unpaired) electrons. The van der Waals surface area contributed by atoms with Crippen molar-refractivity contribution in [1.29, 1.82) is 0 Å². The summed E-state index contributed by atoms with van der Waals surface area (Å²) in [6.45, 7) is 6.73. The first-order valence-corrected chi connectivity index (χ1v) is 14.9. The van der Waals surface area contributed by atoms with Gasteiger partial charge in [-0.05, 0) is 69.0 Å². The summed E-state index contributed by atoms with van der Waals surface area (Å²) in [5, 5.41) is 9.03. The molecule has 1 aliphatic carbocycles. The van der Waals surface area contributed by atoms with Gasteiger partial charge in [-0.1, -0.05) is 55.0 Å². The van der Waals surface area contributed by atoms with Crippen LogP contribution < -0.4 is 16.2 Å². The summed E-state index contributed by atoms with van der Waals surface area (Å²) in [5.74, 6) is 0.926. The monoisotopic (exact) mass is 568 g/mol. The number of nitrogens with zero attached hydrogens (tertiary/aromatic N) is 4. The number of hydrogen-bond donors (Lipinski definition) is 2. The van der Waals surface area contributed by atoms with E-state index in [1.165, 1.54) is 25.7 Å². The highest BCUT2D eigenvalue weighted by Crippen LogP contribution is 2.23. The Morgan fingerprint density at radius 2 is 1.79 bits per heavy atom. The number of fused-ring (bicyclic) bond motifs is 1. The van der Waals surface area contributed by atoms with Crippen LogP contribution >= 0.6 is 23.2 Å². The zero-order valence-corrected chi connectivity index (χ0v) is 24.3. The van der Waals surface area contributed by atoms with Gasteiger partial charge in [0.25, 0.3) is 5.56 Å². The fourth-order valence-electron chi connectivity index (χ4n) is 5.74. The van der Waals surface area contributed by atoms with Crippen molar-refractivity contribution in [3.8, 4) is 0 Å². The van der Waals surface area contributed by atoms with E-state index in [2.05, 4.69) is 34.4 Å². The van der Waals surface area contributed by atoms with Gasteiger partial charge < -0.3 is 15.5 Å². The maximum absolute atomic E-state index is 13.2. The highest BCUT2D eigenvalue weighted by molar-refractivity contribution is 6.35. The standard InChI is InChI=1S/C30H38Cl2N6O/c1-20-17-38(18-21(2)34-20)30(35-24-7-5-3-4-6-8-24)36-25-11-12-26-28(16-25)33-19-37(29(26)39)14-13-22-9-10-23(31)15-27(22)32/h9-12,15-16,19-21,24,34H,3-8,13-14,17-18H2,1-2H3,(H,35,36)/t20-,21+. The van der Waals surface area contributed by atoms with Gasteiger partial charge in [-0.25, -0.2) is 9.98 Å². The summed E-state index contributed by atoms with van der Waals surface area (Å²) in [6.07, 6.45) is 9.61. The van der Waals surface area contributed by atoms with Gasteiger partial charge >= 0.3 is 0 Å². The molecule has 0 amide bonds. The molecule has 208 valence electrons. The summed E-state index contributed by atoms with van der Waals surface area (Å²) in [4.78, 5) is 25.5. The number of guanidine groups is 1. The van der Waals surface area contributed by atoms with Crippen LogP contribution in [0.25, 0.3) is 10.9 Å². The van der Waals surface area contributed by atoms with Crippen molar-refractivity contribution in [3.05, 3.63) is 68.7 Å². The molecule has 2 aliphatic rings. The second kappa shape index (κ2) is 12.7. The van der Waals surface area contributed by atoms with Crippen molar-refractivity contribution in [2.45, 2.75) is 83.5 Å². The molecule has 2 fully saturated rings. The lowest BCUT2D eigenvalue weighted by atomic mass is 10.1. The van der Waals surface area contributed by atoms with E-state index < -0.39 is 0 Å². The van der Waals surface area contributed by atoms with Gasteiger partial charge in [0.2, 0.25) is 0 Å². The largest absolute Gasteiger partial charge is 0.340 e. The van der Waals surface area contributed by atoms with Gasteiger partial charge in [-0.3, -0.25) is 9.36 Å². The lowest BCUT2D eigenvalue weighted by Gasteiger charge is -2.38. The third kappa shape index (κ3) is 7.13. The third-order valence-corrected chi connectivity index (χ3v) is 8.29. The fraction of sp³-hybridized carbons (Fsp3) is 0.500. The summed E-state index contributed by atoms with van der Waals surface area (Å²) >= 11 is 12.3. The van der Waals surface area contributed by atoms with Crippen LogP contribution in [0, 0.1) is 0 Å². The smallest absolute Gasteiger partial charge is 0.261 e. The van der Waals surface area contributed by atoms with E-state index in [0.717, 1.165) is 43.1 Å². The van der Waals surface area contributed by atoms with Crippen molar-refractivity contribution >= 4 is 45.8 Å². The second-order valence-electron chi connectivity index (χ2n) is 11.1. The number of anilines is 1. The first kappa shape index (κ1) is 27.9.